The van der Waals surface area contributed by atoms with Crippen molar-refractivity contribution in [3.05, 3.63) is 66.0 Å². The van der Waals surface area contributed by atoms with E-state index >= 15 is 0 Å². The molecule has 0 saturated heterocycles. The fraction of sp³-hybridized carbons (Fsp3) is 0.576. The van der Waals surface area contributed by atoms with Crippen molar-refractivity contribution < 1.29 is 24.6 Å². The minimum Gasteiger partial charge on any atom is -0.390 e. The van der Waals surface area contributed by atoms with E-state index in [0.29, 0.717) is 24.9 Å². The molecule has 1 aromatic heterocycles. The van der Waals surface area contributed by atoms with E-state index in [1.165, 1.54) is 6.20 Å². The third-order valence-electron chi connectivity index (χ3n) is 7.41. The first-order valence-corrected chi connectivity index (χ1v) is 15.2. The SMILES string of the molecule is CCCCCCC(NC(=O)c1cccnc1)C(=O)N[C@@H](CC(C)C)[C@@H](O)[C@H](O)[C@H](C(=O)NCc1ccccc1)C(C)C. The van der Waals surface area contributed by atoms with Crippen molar-refractivity contribution in [2.45, 2.75) is 104 Å². The molecule has 1 unspecified atom stereocenters. The third kappa shape index (κ3) is 11.5. The Morgan fingerprint density at radius 3 is 2.17 bits per heavy atom. The fourth-order valence-corrected chi connectivity index (χ4v) is 5.06. The summed E-state index contributed by atoms with van der Waals surface area (Å²) < 4.78 is 0. The summed E-state index contributed by atoms with van der Waals surface area (Å²) in [5.74, 6) is -2.30. The monoisotopic (exact) mass is 582 g/mol. The number of aromatic nitrogens is 1. The van der Waals surface area contributed by atoms with E-state index in [9.17, 15) is 24.6 Å². The van der Waals surface area contributed by atoms with Gasteiger partial charge in [-0.05, 0) is 42.4 Å². The largest absolute Gasteiger partial charge is 0.390 e. The number of aliphatic hydroxyl groups is 2. The van der Waals surface area contributed by atoms with Crippen LogP contribution in [0.25, 0.3) is 0 Å². The number of amides is 3. The van der Waals surface area contributed by atoms with Gasteiger partial charge in [-0.2, -0.15) is 0 Å². The molecule has 9 heteroatoms. The Labute approximate surface area is 250 Å². The van der Waals surface area contributed by atoms with Crippen LogP contribution in [0.3, 0.4) is 0 Å². The predicted octanol–water partition coefficient (Wildman–Crippen LogP) is 3.99. The predicted molar refractivity (Wildman–Crippen MR) is 164 cm³/mol. The molecule has 0 aliphatic heterocycles. The number of carbonyl (C=O) groups is 3. The van der Waals surface area contributed by atoms with Gasteiger partial charge in [0, 0.05) is 18.9 Å². The summed E-state index contributed by atoms with van der Waals surface area (Å²) in [6.07, 6.45) is 4.73. The van der Waals surface area contributed by atoms with Gasteiger partial charge in [0.2, 0.25) is 11.8 Å². The molecule has 0 aliphatic carbocycles. The minimum absolute atomic E-state index is 0.0783. The molecule has 2 aromatic rings. The Morgan fingerprint density at radius 2 is 1.57 bits per heavy atom. The summed E-state index contributed by atoms with van der Waals surface area (Å²) in [7, 11) is 0. The van der Waals surface area contributed by atoms with Gasteiger partial charge >= 0.3 is 0 Å². The van der Waals surface area contributed by atoms with Crippen LogP contribution in [0.15, 0.2) is 54.9 Å². The molecule has 3 amide bonds. The van der Waals surface area contributed by atoms with Gasteiger partial charge < -0.3 is 26.2 Å². The van der Waals surface area contributed by atoms with Gasteiger partial charge in [-0.15, -0.1) is 0 Å². The van der Waals surface area contributed by atoms with Crippen molar-refractivity contribution in [1.82, 2.24) is 20.9 Å². The summed E-state index contributed by atoms with van der Waals surface area (Å²) in [5, 5.41) is 31.3. The molecular formula is C33H50N4O5. The summed E-state index contributed by atoms with van der Waals surface area (Å²) in [5.41, 5.74) is 1.27. The highest BCUT2D eigenvalue weighted by atomic mass is 16.3. The maximum Gasteiger partial charge on any atom is 0.253 e. The molecule has 0 spiro atoms. The highest BCUT2D eigenvalue weighted by molar-refractivity contribution is 5.97. The molecule has 1 heterocycles. The highest BCUT2D eigenvalue weighted by Crippen LogP contribution is 2.23. The second-order valence-electron chi connectivity index (χ2n) is 11.8. The average molecular weight is 583 g/mol. The van der Waals surface area contributed by atoms with E-state index < -0.39 is 42.0 Å². The van der Waals surface area contributed by atoms with Gasteiger partial charge in [0.1, 0.15) is 12.1 Å². The smallest absolute Gasteiger partial charge is 0.253 e. The molecule has 5 N–H and O–H groups in total. The number of hydrogen-bond donors (Lipinski definition) is 5. The molecule has 42 heavy (non-hydrogen) atoms. The Hall–Kier alpha value is -3.30. The number of nitrogens with one attached hydrogen (secondary N) is 3. The third-order valence-corrected chi connectivity index (χ3v) is 7.41. The Morgan fingerprint density at radius 1 is 0.857 bits per heavy atom. The standard InChI is InChI=1S/C33H50N4O5/c1-6-7-8-12-17-26(36-31(40)25-16-13-18-34-21-25)32(41)37-27(19-22(2)3)29(38)30(39)28(23(4)5)33(42)35-20-24-14-10-9-11-15-24/h9-11,13-16,18,21-23,26-30,38-39H,6-8,12,17,19-20H2,1-5H3,(H,35,42)(H,36,40)(H,37,41)/t26?,27-,28+,29+,30+/m0/s1. The van der Waals surface area contributed by atoms with Gasteiger partial charge in [0.25, 0.3) is 5.91 Å². The van der Waals surface area contributed by atoms with Crippen LogP contribution in [0.4, 0.5) is 0 Å². The van der Waals surface area contributed by atoms with Gasteiger partial charge in [0.15, 0.2) is 0 Å². The molecule has 0 fully saturated rings. The number of nitrogens with zero attached hydrogens (tertiary/aromatic N) is 1. The lowest BCUT2D eigenvalue weighted by Crippen LogP contribution is -2.57. The zero-order chi connectivity index (χ0) is 31.1. The van der Waals surface area contributed by atoms with Crippen molar-refractivity contribution in [3.63, 3.8) is 0 Å². The lowest BCUT2D eigenvalue weighted by atomic mass is 9.83. The summed E-state index contributed by atoms with van der Waals surface area (Å²) >= 11 is 0. The van der Waals surface area contributed by atoms with Crippen LogP contribution in [0, 0.1) is 17.8 Å². The lowest BCUT2D eigenvalue weighted by molar-refractivity contribution is -0.137. The topological polar surface area (TPSA) is 141 Å². The minimum atomic E-state index is -1.42. The molecular weight excluding hydrogens is 532 g/mol. The number of hydrogen-bond acceptors (Lipinski definition) is 6. The van der Waals surface area contributed by atoms with Crippen LogP contribution in [0.2, 0.25) is 0 Å². The Kier molecular flexibility index (Phi) is 15.2. The molecule has 232 valence electrons. The molecule has 1 aromatic carbocycles. The van der Waals surface area contributed by atoms with E-state index in [1.54, 1.807) is 18.3 Å². The summed E-state index contributed by atoms with van der Waals surface area (Å²) in [6, 6.07) is 11.1. The Bertz CT molecular complexity index is 1080. The quantitative estimate of drug-likeness (QED) is 0.168. The normalized spacial score (nSPS) is 15.0. The molecule has 0 aliphatic rings. The van der Waals surface area contributed by atoms with Crippen molar-refractivity contribution in [2.75, 3.05) is 0 Å². The van der Waals surface area contributed by atoms with Crippen LogP contribution in [0.5, 0.6) is 0 Å². The van der Waals surface area contributed by atoms with Crippen LogP contribution in [-0.4, -0.2) is 57.2 Å². The van der Waals surface area contributed by atoms with E-state index in [0.717, 1.165) is 31.2 Å². The van der Waals surface area contributed by atoms with E-state index in [2.05, 4.69) is 27.9 Å². The molecule has 0 radical (unpaired) electrons. The lowest BCUT2D eigenvalue weighted by Gasteiger charge is -2.35. The van der Waals surface area contributed by atoms with Crippen molar-refractivity contribution in [3.8, 4) is 0 Å². The van der Waals surface area contributed by atoms with Crippen LogP contribution in [0.1, 0.15) is 89.1 Å². The van der Waals surface area contributed by atoms with Gasteiger partial charge in [-0.1, -0.05) is 90.6 Å². The van der Waals surface area contributed by atoms with Crippen molar-refractivity contribution >= 4 is 17.7 Å². The number of unbranched alkanes of at least 4 members (excludes halogenated alkanes) is 3. The number of carbonyl (C=O) groups excluding carboxylic acids is 3. The van der Waals surface area contributed by atoms with Crippen molar-refractivity contribution in [1.29, 1.82) is 0 Å². The maximum atomic E-state index is 13.6. The first-order valence-electron chi connectivity index (χ1n) is 15.2. The number of aliphatic hydroxyl groups excluding tert-OH is 2. The number of benzene rings is 1. The van der Waals surface area contributed by atoms with Gasteiger partial charge in [-0.25, -0.2) is 0 Å². The average Bonchev–Trinajstić information content (AvgIpc) is 2.97. The molecule has 2 rings (SSSR count). The van der Waals surface area contributed by atoms with E-state index in [1.807, 2.05) is 58.0 Å². The molecule has 0 saturated carbocycles. The maximum absolute atomic E-state index is 13.6. The van der Waals surface area contributed by atoms with E-state index in [-0.39, 0.29) is 17.7 Å². The second-order valence-corrected chi connectivity index (χ2v) is 11.8. The van der Waals surface area contributed by atoms with Crippen LogP contribution in [-0.2, 0) is 16.1 Å². The van der Waals surface area contributed by atoms with Crippen molar-refractivity contribution in [2.24, 2.45) is 17.8 Å². The molecule has 0 bridgehead atoms. The number of rotatable bonds is 18. The molecule has 9 nitrogen and oxygen atoms in total. The van der Waals surface area contributed by atoms with Gasteiger partial charge in [-0.3, -0.25) is 19.4 Å². The van der Waals surface area contributed by atoms with Crippen LogP contribution >= 0.6 is 0 Å². The zero-order valence-electron chi connectivity index (χ0n) is 25.8. The van der Waals surface area contributed by atoms with E-state index in [4.69, 9.17) is 0 Å². The zero-order valence-corrected chi connectivity index (χ0v) is 25.8. The first-order chi connectivity index (χ1) is 20.0. The number of pyridine rings is 1. The van der Waals surface area contributed by atoms with Crippen LogP contribution < -0.4 is 16.0 Å². The Balaban J connectivity index is 2.19. The molecule has 5 atom stereocenters. The fourth-order valence-electron chi connectivity index (χ4n) is 5.06. The summed E-state index contributed by atoms with van der Waals surface area (Å²) in [4.78, 5) is 43.6. The first kappa shape index (κ1) is 34.9. The highest BCUT2D eigenvalue weighted by Gasteiger charge is 2.39. The van der Waals surface area contributed by atoms with Gasteiger partial charge in [0.05, 0.1) is 23.6 Å². The summed E-state index contributed by atoms with van der Waals surface area (Å²) in [6.45, 7) is 9.95. The second kappa shape index (κ2) is 18.3.